The van der Waals surface area contributed by atoms with Gasteiger partial charge in [0.2, 0.25) is 0 Å². The second kappa shape index (κ2) is 10.5. The second-order valence-corrected chi connectivity index (χ2v) is 10.5. The lowest BCUT2D eigenvalue weighted by Gasteiger charge is -2.10. The van der Waals surface area contributed by atoms with Crippen LogP contribution in [0.5, 0.6) is 0 Å². The quantitative estimate of drug-likeness (QED) is 0.214. The second-order valence-electron chi connectivity index (χ2n) is 10.5. The third-order valence-corrected chi connectivity index (χ3v) is 7.84. The van der Waals surface area contributed by atoms with E-state index in [-0.39, 0.29) is 0 Å². The number of hydrogen-bond donors (Lipinski definition) is 0. The highest BCUT2D eigenvalue weighted by Crippen LogP contribution is 2.35. The van der Waals surface area contributed by atoms with E-state index in [2.05, 4.69) is 102 Å². The summed E-state index contributed by atoms with van der Waals surface area (Å²) in [7, 11) is 0. The monoisotopic (exact) mass is 550 g/mol. The van der Waals surface area contributed by atoms with Gasteiger partial charge in [-0.15, -0.1) is 0 Å². The van der Waals surface area contributed by atoms with Crippen LogP contribution in [0.1, 0.15) is 0 Å². The highest BCUT2D eigenvalue weighted by molar-refractivity contribution is 6.10. The normalized spacial score (nSPS) is 11.3. The van der Waals surface area contributed by atoms with Crippen molar-refractivity contribution in [3.63, 3.8) is 0 Å². The van der Waals surface area contributed by atoms with Gasteiger partial charge in [0.15, 0.2) is 17.5 Å². The Hall–Kier alpha value is -5.87. The van der Waals surface area contributed by atoms with Crippen LogP contribution in [0, 0.1) is 0 Å². The van der Waals surface area contributed by atoms with Gasteiger partial charge < -0.3 is 4.57 Å². The standard InChI is InChI=1S/C39H26N4/c1-4-13-27(14-5-1)37-40-38(28-15-6-2-7-16-28)42-39(41-37)31-18-12-17-29(25-31)30-23-24-36-34(26-30)33-21-10-11-22-35(33)43(36)32-19-8-3-9-20-32/h1-26H. The Bertz CT molecular complexity index is 2160. The van der Waals surface area contributed by atoms with Gasteiger partial charge in [-0.05, 0) is 47.5 Å². The van der Waals surface area contributed by atoms with E-state index in [1.807, 2.05) is 60.7 Å². The molecule has 4 heteroatoms. The molecule has 0 saturated carbocycles. The summed E-state index contributed by atoms with van der Waals surface area (Å²) in [4.78, 5) is 14.7. The van der Waals surface area contributed by atoms with Crippen LogP contribution in [0.4, 0.5) is 0 Å². The van der Waals surface area contributed by atoms with Crippen LogP contribution in [-0.4, -0.2) is 19.5 Å². The first kappa shape index (κ1) is 24.9. The van der Waals surface area contributed by atoms with Crippen LogP contribution in [0.3, 0.4) is 0 Å². The Balaban J connectivity index is 1.27. The molecule has 0 unspecified atom stereocenters. The van der Waals surface area contributed by atoms with Gasteiger partial charge in [0.1, 0.15) is 0 Å². The molecule has 0 fully saturated rings. The van der Waals surface area contributed by atoms with E-state index in [9.17, 15) is 0 Å². The molecule has 4 nitrogen and oxygen atoms in total. The van der Waals surface area contributed by atoms with Crippen molar-refractivity contribution in [3.05, 3.63) is 158 Å². The molecule has 202 valence electrons. The molecule has 8 aromatic rings. The third-order valence-electron chi connectivity index (χ3n) is 7.84. The van der Waals surface area contributed by atoms with Gasteiger partial charge in [-0.2, -0.15) is 0 Å². The molecule has 0 spiro atoms. The van der Waals surface area contributed by atoms with Gasteiger partial charge in [0.05, 0.1) is 11.0 Å². The largest absolute Gasteiger partial charge is 0.309 e. The fraction of sp³-hybridized carbons (Fsp3) is 0. The van der Waals surface area contributed by atoms with Crippen molar-refractivity contribution in [2.24, 2.45) is 0 Å². The Kier molecular flexibility index (Phi) is 6.08. The van der Waals surface area contributed by atoms with Gasteiger partial charge in [0, 0.05) is 33.2 Å². The van der Waals surface area contributed by atoms with E-state index in [1.165, 1.54) is 21.8 Å². The zero-order valence-electron chi connectivity index (χ0n) is 23.3. The molecule has 0 amide bonds. The van der Waals surface area contributed by atoms with Gasteiger partial charge in [0.25, 0.3) is 0 Å². The maximum atomic E-state index is 4.94. The Morgan fingerprint density at radius 2 is 0.814 bits per heavy atom. The van der Waals surface area contributed by atoms with E-state index < -0.39 is 0 Å². The first-order chi connectivity index (χ1) is 21.3. The fourth-order valence-electron chi connectivity index (χ4n) is 5.78. The van der Waals surface area contributed by atoms with Gasteiger partial charge in [-0.3, -0.25) is 0 Å². The molecule has 2 aromatic heterocycles. The first-order valence-corrected chi connectivity index (χ1v) is 14.4. The van der Waals surface area contributed by atoms with Crippen LogP contribution in [-0.2, 0) is 0 Å². The number of para-hydroxylation sites is 2. The van der Waals surface area contributed by atoms with Crippen molar-refractivity contribution in [2.75, 3.05) is 0 Å². The van der Waals surface area contributed by atoms with Crippen molar-refractivity contribution < 1.29 is 0 Å². The average Bonchev–Trinajstić information content (AvgIpc) is 3.43. The van der Waals surface area contributed by atoms with Crippen LogP contribution >= 0.6 is 0 Å². The minimum absolute atomic E-state index is 0.649. The molecule has 0 aliphatic heterocycles. The minimum Gasteiger partial charge on any atom is -0.309 e. The lowest BCUT2D eigenvalue weighted by atomic mass is 10.0. The molecule has 0 bridgehead atoms. The van der Waals surface area contributed by atoms with E-state index in [1.54, 1.807) is 0 Å². The average molecular weight is 551 g/mol. The maximum absolute atomic E-state index is 4.94. The third kappa shape index (κ3) is 4.55. The van der Waals surface area contributed by atoms with Gasteiger partial charge >= 0.3 is 0 Å². The summed E-state index contributed by atoms with van der Waals surface area (Å²) in [5, 5.41) is 2.46. The predicted octanol–water partition coefficient (Wildman–Crippen LogP) is 9.64. The fourth-order valence-corrected chi connectivity index (χ4v) is 5.78. The molecule has 0 N–H and O–H groups in total. The zero-order chi connectivity index (χ0) is 28.6. The van der Waals surface area contributed by atoms with Crippen LogP contribution in [0.15, 0.2) is 158 Å². The van der Waals surface area contributed by atoms with Crippen LogP contribution in [0.25, 0.3) is 72.8 Å². The Morgan fingerprint density at radius 3 is 1.49 bits per heavy atom. The molecule has 0 atom stereocenters. The number of hydrogen-bond acceptors (Lipinski definition) is 3. The highest BCUT2D eigenvalue weighted by Gasteiger charge is 2.15. The van der Waals surface area contributed by atoms with Crippen molar-refractivity contribution in [1.29, 1.82) is 0 Å². The Morgan fingerprint density at radius 1 is 0.326 bits per heavy atom. The molecule has 0 radical (unpaired) electrons. The summed E-state index contributed by atoms with van der Waals surface area (Å²) < 4.78 is 2.34. The lowest BCUT2D eigenvalue weighted by molar-refractivity contribution is 1.07. The van der Waals surface area contributed by atoms with E-state index in [0.29, 0.717) is 17.5 Å². The van der Waals surface area contributed by atoms with E-state index in [4.69, 9.17) is 15.0 Å². The number of rotatable bonds is 5. The Labute approximate surface area is 249 Å². The summed E-state index contributed by atoms with van der Waals surface area (Å²) in [6.45, 7) is 0. The van der Waals surface area contributed by atoms with Crippen molar-refractivity contribution in [1.82, 2.24) is 19.5 Å². The van der Waals surface area contributed by atoms with Gasteiger partial charge in [-0.1, -0.05) is 121 Å². The smallest absolute Gasteiger partial charge is 0.164 e. The molecule has 0 saturated heterocycles. The predicted molar refractivity (Wildman–Crippen MR) is 176 cm³/mol. The van der Waals surface area contributed by atoms with Crippen molar-refractivity contribution in [2.45, 2.75) is 0 Å². The molecule has 43 heavy (non-hydrogen) atoms. The van der Waals surface area contributed by atoms with Crippen molar-refractivity contribution in [3.8, 4) is 51.0 Å². The molecule has 0 aliphatic rings. The molecule has 6 aromatic carbocycles. The summed E-state index contributed by atoms with van der Waals surface area (Å²) in [6.07, 6.45) is 0. The SMILES string of the molecule is c1ccc(-c2nc(-c3ccccc3)nc(-c3cccc(-c4ccc5c(c4)c4ccccc4n5-c4ccccc4)c3)n2)cc1. The van der Waals surface area contributed by atoms with Crippen LogP contribution in [0.2, 0.25) is 0 Å². The number of fused-ring (bicyclic) bond motifs is 3. The molecular formula is C39H26N4. The summed E-state index contributed by atoms with van der Waals surface area (Å²) in [5.74, 6) is 1.96. The lowest BCUT2D eigenvalue weighted by Crippen LogP contribution is -2.00. The van der Waals surface area contributed by atoms with E-state index in [0.717, 1.165) is 33.5 Å². The highest BCUT2D eigenvalue weighted by atomic mass is 15.0. The van der Waals surface area contributed by atoms with Crippen molar-refractivity contribution >= 4 is 21.8 Å². The molecular weight excluding hydrogens is 524 g/mol. The topological polar surface area (TPSA) is 43.6 Å². The molecule has 8 rings (SSSR count). The summed E-state index contributed by atoms with van der Waals surface area (Å²) >= 11 is 0. The molecule has 2 heterocycles. The van der Waals surface area contributed by atoms with E-state index >= 15 is 0 Å². The van der Waals surface area contributed by atoms with Gasteiger partial charge in [-0.25, -0.2) is 15.0 Å². The zero-order valence-corrected chi connectivity index (χ0v) is 23.3. The molecule has 0 aliphatic carbocycles. The first-order valence-electron chi connectivity index (χ1n) is 14.4. The summed E-state index contributed by atoms with van der Waals surface area (Å²) in [6, 6.07) is 54.5. The van der Waals surface area contributed by atoms with Crippen LogP contribution < -0.4 is 0 Å². The minimum atomic E-state index is 0.649. The number of nitrogens with zero attached hydrogens (tertiary/aromatic N) is 4. The maximum Gasteiger partial charge on any atom is 0.164 e. The number of benzene rings is 6. The number of aromatic nitrogens is 4. The summed E-state index contributed by atoms with van der Waals surface area (Å²) in [5.41, 5.74) is 8.65.